The number of allylic oxidation sites excluding steroid dienone is 1. The van der Waals surface area contributed by atoms with Crippen molar-refractivity contribution in [1.82, 2.24) is 10.2 Å². The third-order valence-electron chi connectivity index (χ3n) is 4.57. The molecule has 0 spiro atoms. The van der Waals surface area contributed by atoms with Crippen LogP contribution in [0.4, 0.5) is 0 Å². The Bertz CT molecular complexity index is 989. The lowest BCUT2D eigenvalue weighted by molar-refractivity contribution is 0.394. The molecule has 0 unspecified atom stereocenters. The zero-order valence-electron chi connectivity index (χ0n) is 16.9. The summed E-state index contributed by atoms with van der Waals surface area (Å²) in [5, 5.41) is 8.82. The van der Waals surface area contributed by atoms with Gasteiger partial charge >= 0.3 is 0 Å². The third kappa shape index (κ3) is 3.69. The van der Waals surface area contributed by atoms with Crippen molar-refractivity contribution in [1.29, 1.82) is 0 Å². The lowest BCUT2D eigenvalue weighted by Gasteiger charge is -2.18. The molecule has 0 saturated heterocycles. The molecule has 1 aromatic heterocycles. The molecule has 0 bridgehead atoms. The first-order valence-corrected chi connectivity index (χ1v) is 8.89. The van der Waals surface area contributed by atoms with E-state index in [4.69, 9.17) is 14.2 Å². The zero-order chi connectivity index (χ0) is 20.3. The zero-order valence-corrected chi connectivity index (χ0v) is 16.9. The Morgan fingerprint density at radius 2 is 1.32 bits per heavy atom. The van der Waals surface area contributed by atoms with Gasteiger partial charge in [0, 0.05) is 17.2 Å². The van der Waals surface area contributed by atoms with Gasteiger partial charge in [-0.1, -0.05) is 18.7 Å². The second-order valence-corrected chi connectivity index (χ2v) is 6.49. The SMILES string of the molecule is C=C(C)c1nnc(C)c(-c2ccc(OC)cc2)c1-c1cc(OC)cc(OC)c1. The number of methoxy groups -OCH3 is 3. The largest absolute Gasteiger partial charge is 0.497 e. The number of hydrogen-bond acceptors (Lipinski definition) is 5. The minimum atomic E-state index is 0.706. The van der Waals surface area contributed by atoms with E-state index in [1.165, 1.54) is 0 Å². The molecule has 3 rings (SSSR count). The van der Waals surface area contributed by atoms with E-state index in [0.717, 1.165) is 45.0 Å². The number of rotatable bonds is 6. The van der Waals surface area contributed by atoms with Crippen LogP contribution >= 0.6 is 0 Å². The summed E-state index contributed by atoms with van der Waals surface area (Å²) < 4.78 is 16.2. The summed E-state index contributed by atoms with van der Waals surface area (Å²) in [6, 6.07) is 13.7. The second kappa shape index (κ2) is 8.13. The first-order chi connectivity index (χ1) is 13.5. The Morgan fingerprint density at radius 3 is 1.82 bits per heavy atom. The Balaban J connectivity index is 2.35. The Kier molecular flexibility index (Phi) is 5.64. The summed E-state index contributed by atoms with van der Waals surface area (Å²) in [5.74, 6) is 2.21. The average Bonchev–Trinajstić information content (AvgIpc) is 2.72. The number of aryl methyl sites for hydroxylation is 1. The number of benzene rings is 2. The van der Waals surface area contributed by atoms with Crippen molar-refractivity contribution in [2.75, 3.05) is 21.3 Å². The fraction of sp³-hybridized carbons (Fsp3) is 0.217. The molecule has 0 fully saturated rings. The molecule has 0 aliphatic carbocycles. The summed E-state index contributed by atoms with van der Waals surface area (Å²) in [6.07, 6.45) is 0. The van der Waals surface area contributed by atoms with Crippen molar-refractivity contribution in [2.45, 2.75) is 13.8 Å². The van der Waals surface area contributed by atoms with Crippen LogP contribution in [0.25, 0.3) is 27.8 Å². The summed E-state index contributed by atoms with van der Waals surface area (Å²) in [6.45, 7) is 7.99. The van der Waals surface area contributed by atoms with Crippen LogP contribution in [0.15, 0.2) is 49.0 Å². The van der Waals surface area contributed by atoms with Crippen molar-refractivity contribution in [3.63, 3.8) is 0 Å². The molecule has 5 heteroatoms. The number of aromatic nitrogens is 2. The maximum absolute atomic E-state index is 5.47. The molecule has 5 nitrogen and oxygen atoms in total. The molecule has 28 heavy (non-hydrogen) atoms. The fourth-order valence-electron chi connectivity index (χ4n) is 3.17. The van der Waals surface area contributed by atoms with Crippen molar-refractivity contribution >= 4 is 5.57 Å². The number of nitrogens with zero attached hydrogens (tertiary/aromatic N) is 2. The highest BCUT2D eigenvalue weighted by Gasteiger charge is 2.19. The van der Waals surface area contributed by atoms with Gasteiger partial charge in [0.2, 0.25) is 0 Å². The van der Waals surface area contributed by atoms with E-state index in [0.29, 0.717) is 11.5 Å². The predicted octanol–water partition coefficient (Wildman–Crippen LogP) is 5.18. The maximum Gasteiger partial charge on any atom is 0.123 e. The van der Waals surface area contributed by atoms with Crippen LogP contribution in [-0.2, 0) is 0 Å². The fourth-order valence-corrected chi connectivity index (χ4v) is 3.17. The van der Waals surface area contributed by atoms with Crippen LogP contribution in [0.5, 0.6) is 17.2 Å². The van der Waals surface area contributed by atoms with Crippen LogP contribution in [0, 0.1) is 6.92 Å². The van der Waals surface area contributed by atoms with Crippen LogP contribution < -0.4 is 14.2 Å². The summed E-state index contributed by atoms with van der Waals surface area (Å²) >= 11 is 0. The van der Waals surface area contributed by atoms with Crippen molar-refractivity contribution < 1.29 is 14.2 Å². The first kappa shape index (κ1) is 19.4. The quantitative estimate of drug-likeness (QED) is 0.593. The van der Waals surface area contributed by atoms with E-state index in [2.05, 4.69) is 16.8 Å². The minimum Gasteiger partial charge on any atom is -0.497 e. The third-order valence-corrected chi connectivity index (χ3v) is 4.57. The number of hydrogen-bond donors (Lipinski definition) is 0. The van der Waals surface area contributed by atoms with Gasteiger partial charge in [0.15, 0.2) is 0 Å². The molecule has 0 amide bonds. The molecule has 0 radical (unpaired) electrons. The Morgan fingerprint density at radius 1 is 0.750 bits per heavy atom. The topological polar surface area (TPSA) is 53.5 Å². The van der Waals surface area contributed by atoms with Crippen LogP contribution in [0.3, 0.4) is 0 Å². The maximum atomic E-state index is 5.47. The molecule has 0 N–H and O–H groups in total. The molecule has 0 atom stereocenters. The van der Waals surface area contributed by atoms with Gasteiger partial charge in [-0.2, -0.15) is 5.10 Å². The number of ether oxygens (including phenoxy) is 3. The van der Waals surface area contributed by atoms with Crippen LogP contribution in [0.1, 0.15) is 18.3 Å². The van der Waals surface area contributed by atoms with Crippen molar-refractivity contribution in [3.8, 4) is 39.5 Å². The highest BCUT2D eigenvalue weighted by atomic mass is 16.5. The van der Waals surface area contributed by atoms with E-state index in [-0.39, 0.29) is 0 Å². The molecular weight excluding hydrogens is 352 g/mol. The van der Waals surface area contributed by atoms with E-state index in [1.54, 1.807) is 21.3 Å². The molecule has 0 aliphatic heterocycles. The van der Waals surface area contributed by atoms with Crippen molar-refractivity contribution in [3.05, 3.63) is 60.4 Å². The lowest BCUT2D eigenvalue weighted by Crippen LogP contribution is -2.02. The molecule has 3 aromatic rings. The van der Waals surface area contributed by atoms with Crippen LogP contribution in [0.2, 0.25) is 0 Å². The first-order valence-electron chi connectivity index (χ1n) is 8.89. The van der Waals surface area contributed by atoms with Crippen molar-refractivity contribution in [2.24, 2.45) is 0 Å². The van der Waals surface area contributed by atoms with E-state index in [1.807, 2.05) is 56.3 Å². The van der Waals surface area contributed by atoms with Gasteiger partial charge in [0.25, 0.3) is 0 Å². The molecule has 0 aliphatic rings. The van der Waals surface area contributed by atoms with Gasteiger partial charge in [0.05, 0.1) is 32.7 Å². The van der Waals surface area contributed by atoms with Gasteiger partial charge in [0.1, 0.15) is 17.2 Å². The van der Waals surface area contributed by atoms with E-state index in [9.17, 15) is 0 Å². The highest BCUT2D eigenvalue weighted by molar-refractivity contribution is 5.91. The summed E-state index contributed by atoms with van der Waals surface area (Å²) in [4.78, 5) is 0. The summed E-state index contributed by atoms with van der Waals surface area (Å²) in [5.41, 5.74) is 6.29. The van der Waals surface area contributed by atoms with Gasteiger partial charge < -0.3 is 14.2 Å². The summed E-state index contributed by atoms with van der Waals surface area (Å²) in [7, 11) is 4.93. The average molecular weight is 376 g/mol. The van der Waals surface area contributed by atoms with Gasteiger partial charge in [-0.05, 0) is 54.8 Å². The Labute approximate surface area is 165 Å². The van der Waals surface area contributed by atoms with E-state index >= 15 is 0 Å². The second-order valence-electron chi connectivity index (χ2n) is 6.49. The monoisotopic (exact) mass is 376 g/mol. The van der Waals surface area contributed by atoms with Crippen LogP contribution in [-0.4, -0.2) is 31.5 Å². The van der Waals surface area contributed by atoms with Gasteiger partial charge in [-0.15, -0.1) is 5.10 Å². The normalized spacial score (nSPS) is 10.5. The predicted molar refractivity (Wildman–Crippen MR) is 112 cm³/mol. The standard InChI is InChI=1S/C23H24N2O3/c1-14(2)23-22(17-11-19(27-5)13-20(12-17)28-6)21(15(3)24-25-23)16-7-9-18(26-4)10-8-16/h7-13H,1H2,2-6H3. The Hall–Kier alpha value is -3.34. The molecule has 1 heterocycles. The highest BCUT2D eigenvalue weighted by Crippen LogP contribution is 2.40. The van der Waals surface area contributed by atoms with E-state index < -0.39 is 0 Å². The lowest BCUT2D eigenvalue weighted by atomic mass is 9.90. The smallest absolute Gasteiger partial charge is 0.123 e. The molecule has 2 aromatic carbocycles. The minimum absolute atomic E-state index is 0.706. The molecule has 144 valence electrons. The van der Waals surface area contributed by atoms with Gasteiger partial charge in [-0.25, -0.2) is 0 Å². The molecular formula is C23H24N2O3. The van der Waals surface area contributed by atoms with Gasteiger partial charge in [-0.3, -0.25) is 0 Å². The molecule has 0 saturated carbocycles.